The van der Waals surface area contributed by atoms with E-state index >= 15 is 0 Å². The Hall–Kier alpha value is -2.56. The number of Topliss-reactive ketones (excluding diaryl/α,β-unsaturated/α-hetero) is 1. The molecule has 20 heavy (non-hydrogen) atoms. The van der Waals surface area contributed by atoms with E-state index in [1.165, 1.54) is 14.0 Å². The largest absolute Gasteiger partial charge is 0.300 e. The van der Waals surface area contributed by atoms with E-state index in [1.807, 2.05) is 0 Å². The van der Waals surface area contributed by atoms with Crippen molar-refractivity contribution in [2.75, 3.05) is 7.05 Å². The van der Waals surface area contributed by atoms with Crippen LogP contribution in [0, 0.1) is 0 Å². The van der Waals surface area contributed by atoms with Crippen molar-refractivity contribution in [1.82, 2.24) is 9.88 Å². The zero-order valence-electron chi connectivity index (χ0n) is 11.1. The Bertz CT molecular complexity index is 780. The van der Waals surface area contributed by atoms with Crippen LogP contribution in [-0.2, 0) is 11.2 Å². The molecule has 5 heteroatoms. The number of nitrogens with zero attached hydrogens (tertiary/aromatic N) is 2. The van der Waals surface area contributed by atoms with E-state index in [1.54, 1.807) is 24.5 Å². The van der Waals surface area contributed by atoms with E-state index in [9.17, 15) is 14.4 Å². The number of rotatable bonds is 2. The Morgan fingerprint density at radius 3 is 2.75 bits per heavy atom. The van der Waals surface area contributed by atoms with Gasteiger partial charge in [-0.05, 0) is 30.0 Å². The second kappa shape index (κ2) is 4.23. The summed E-state index contributed by atoms with van der Waals surface area (Å²) in [6.07, 6.45) is 3.37. The molecule has 0 N–H and O–H groups in total. The molecule has 0 saturated heterocycles. The fourth-order valence-electron chi connectivity index (χ4n) is 2.59. The fourth-order valence-corrected chi connectivity index (χ4v) is 2.59. The van der Waals surface area contributed by atoms with Crippen LogP contribution in [0.15, 0.2) is 24.5 Å². The summed E-state index contributed by atoms with van der Waals surface area (Å²) in [6.45, 7) is 1.46. The number of imide groups is 1. The average molecular weight is 268 g/mol. The van der Waals surface area contributed by atoms with Crippen molar-refractivity contribution in [2.24, 2.45) is 0 Å². The van der Waals surface area contributed by atoms with Crippen LogP contribution in [0.4, 0.5) is 0 Å². The summed E-state index contributed by atoms with van der Waals surface area (Å²) in [5.41, 5.74) is 1.31. The van der Waals surface area contributed by atoms with Gasteiger partial charge in [0.2, 0.25) is 0 Å². The van der Waals surface area contributed by atoms with E-state index in [0.29, 0.717) is 16.7 Å². The lowest BCUT2D eigenvalue weighted by Crippen LogP contribution is -2.24. The van der Waals surface area contributed by atoms with Crippen molar-refractivity contribution in [3.05, 3.63) is 41.2 Å². The molecule has 3 rings (SSSR count). The van der Waals surface area contributed by atoms with Gasteiger partial charge in [-0.15, -0.1) is 0 Å². The maximum Gasteiger partial charge on any atom is 0.261 e. The van der Waals surface area contributed by atoms with Gasteiger partial charge in [0.1, 0.15) is 5.78 Å². The highest BCUT2D eigenvalue weighted by Gasteiger charge is 2.36. The first-order valence-corrected chi connectivity index (χ1v) is 6.22. The normalized spacial score (nSPS) is 14.0. The summed E-state index contributed by atoms with van der Waals surface area (Å²) in [6, 6.07) is 3.47. The molecule has 2 heterocycles. The number of benzene rings is 1. The van der Waals surface area contributed by atoms with Gasteiger partial charge in [0.05, 0.1) is 11.1 Å². The number of ketones is 1. The summed E-state index contributed by atoms with van der Waals surface area (Å²) < 4.78 is 0. The van der Waals surface area contributed by atoms with E-state index < -0.39 is 0 Å². The summed E-state index contributed by atoms with van der Waals surface area (Å²) in [4.78, 5) is 40.9. The minimum atomic E-state index is -0.355. The van der Waals surface area contributed by atoms with E-state index in [2.05, 4.69) is 4.98 Å². The third kappa shape index (κ3) is 1.63. The molecule has 100 valence electrons. The smallest absolute Gasteiger partial charge is 0.261 e. The number of hydrogen-bond donors (Lipinski definition) is 0. The minimum absolute atomic E-state index is 0.0571. The molecule has 0 radical (unpaired) electrons. The first-order chi connectivity index (χ1) is 9.50. The Kier molecular flexibility index (Phi) is 2.64. The van der Waals surface area contributed by atoms with Gasteiger partial charge in [0, 0.05) is 31.2 Å². The summed E-state index contributed by atoms with van der Waals surface area (Å²) in [5, 5.41) is 1.56. The number of amides is 2. The number of aromatic nitrogens is 1. The Balaban J connectivity index is 2.41. The van der Waals surface area contributed by atoms with Gasteiger partial charge in [0.25, 0.3) is 11.8 Å². The molecule has 0 bridgehead atoms. The summed E-state index contributed by atoms with van der Waals surface area (Å²) >= 11 is 0. The predicted molar refractivity (Wildman–Crippen MR) is 72.6 cm³/mol. The molecule has 2 aromatic rings. The third-order valence-electron chi connectivity index (χ3n) is 3.53. The highest BCUT2D eigenvalue weighted by atomic mass is 16.2. The van der Waals surface area contributed by atoms with Gasteiger partial charge in [-0.2, -0.15) is 0 Å². The van der Waals surface area contributed by atoms with Crippen LogP contribution >= 0.6 is 0 Å². The highest BCUT2D eigenvalue weighted by molar-refractivity contribution is 6.24. The summed E-state index contributed by atoms with van der Waals surface area (Å²) in [5.74, 6) is -0.737. The first-order valence-electron chi connectivity index (χ1n) is 6.22. The van der Waals surface area contributed by atoms with Gasteiger partial charge in [-0.25, -0.2) is 0 Å². The Morgan fingerprint density at radius 2 is 2.05 bits per heavy atom. The molecule has 0 unspecified atom stereocenters. The predicted octanol–water partition coefficient (Wildman–Crippen LogP) is 1.59. The molecule has 0 atom stereocenters. The second-order valence-corrected chi connectivity index (χ2v) is 4.92. The van der Waals surface area contributed by atoms with Crippen LogP contribution in [0.2, 0.25) is 0 Å². The lowest BCUT2D eigenvalue weighted by atomic mass is 9.93. The molecule has 2 amide bonds. The van der Waals surface area contributed by atoms with Gasteiger partial charge in [-0.1, -0.05) is 0 Å². The third-order valence-corrected chi connectivity index (χ3v) is 3.53. The zero-order chi connectivity index (χ0) is 14.4. The molecule has 5 nitrogen and oxygen atoms in total. The lowest BCUT2D eigenvalue weighted by molar-refractivity contribution is -0.116. The standard InChI is InChI=1S/C15H12N2O3/c1-8(18)5-10-12-7-16-4-3-9(12)6-11-13(10)15(20)17(2)14(11)19/h3-4,6-7H,5H2,1-2H3. The number of fused-ring (bicyclic) bond motifs is 2. The number of carbonyl (C=O) groups excluding carboxylic acids is 3. The van der Waals surface area contributed by atoms with Crippen molar-refractivity contribution >= 4 is 28.4 Å². The minimum Gasteiger partial charge on any atom is -0.300 e. The molecular weight excluding hydrogens is 256 g/mol. The van der Waals surface area contributed by atoms with E-state index in [0.717, 1.165) is 15.7 Å². The van der Waals surface area contributed by atoms with Crippen LogP contribution in [0.5, 0.6) is 0 Å². The van der Waals surface area contributed by atoms with Crippen LogP contribution in [0.3, 0.4) is 0 Å². The van der Waals surface area contributed by atoms with Crippen LogP contribution in [0.1, 0.15) is 33.2 Å². The van der Waals surface area contributed by atoms with Crippen LogP contribution in [-0.4, -0.2) is 34.5 Å². The molecule has 0 spiro atoms. The number of carbonyl (C=O) groups is 3. The maximum atomic E-state index is 12.2. The van der Waals surface area contributed by atoms with Gasteiger partial charge in [0.15, 0.2) is 0 Å². The molecular formula is C15H12N2O3. The molecule has 0 saturated carbocycles. The van der Waals surface area contributed by atoms with Crippen molar-refractivity contribution in [2.45, 2.75) is 13.3 Å². The number of hydrogen-bond acceptors (Lipinski definition) is 4. The van der Waals surface area contributed by atoms with Crippen LogP contribution in [0.25, 0.3) is 10.8 Å². The Morgan fingerprint density at radius 1 is 1.30 bits per heavy atom. The fraction of sp³-hybridized carbons (Fsp3) is 0.200. The topological polar surface area (TPSA) is 67.3 Å². The van der Waals surface area contributed by atoms with Gasteiger partial charge < -0.3 is 0 Å². The average Bonchev–Trinajstić information content (AvgIpc) is 2.63. The Labute approximate surface area is 115 Å². The highest BCUT2D eigenvalue weighted by Crippen LogP contribution is 2.32. The van der Waals surface area contributed by atoms with Gasteiger partial charge in [-0.3, -0.25) is 24.3 Å². The van der Waals surface area contributed by atoms with Crippen molar-refractivity contribution < 1.29 is 14.4 Å². The molecule has 1 aliphatic rings. The van der Waals surface area contributed by atoms with E-state index in [-0.39, 0.29) is 24.0 Å². The quantitative estimate of drug-likeness (QED) is 0.776. The maximum absolute atomic E-state index is 12.2. The monoisotopic (exact) mass is 268 g/mol. The van der Waals surface area contributed by atoms with Crippen molar-refractivity contribution in [3.8, 4) is 0 Å². The van der Waals surface area contributed by atoms with Crippen molar-refractivity contribution in [1.29, 1.82) is 0 Å². The molecule has 1 aromatic heterocycles. The van der Waals surface area contributed by atoms with Crippen LogP contribution < -0.4 is 0 Å². The summed E-state index contributed by atoms with van der Waals surface area (Å²) in [7, 11) is 1.45. The second-order valence-electron chi connectivity index (χ2n) is 4.92. The number of pyridine rings is 1. The van der Waals surface area contributed by atoms with Crippen molar-refractivity contribution in [3.63, 3.8) is 0 Å². The van der Waals surface area contributed by atoms with Gasteiger partial charge >= 0.3 is 0 Å². The molecule has 0 aliphatic carbocycles. The lowest BCUT2D eigenvalue weighted by Gasteiger charge is -2.09. The molecule has 1 aliphatic heterocycles. The van der Waals surface area contributed by atoms with E-state index in [4.69, 9.17) is 0 Å². The first kappa shape index (κ1) is 12.5. The SMILES string of the molecule is CC(=O)Cc1c2c(cc3ccncc13)C(=O)N(C)C2=O. The zero-order valence-corrected chi connectivity index (χ0v) is 11.1. The molecule has 1 aromatic carbocycles. The molecule has 0 fully saturated rings.